The van der Waals surface area contributed by atoms with Crippen LogP contribution < -0.4 is 0 Å². The van der Waals surface area contributed by atoms with E-state index in [1.165, 1.54) is 43.6 Å². The first-order chi connectivity index (χ1) is 30.7. The van der Waals surface area contributed by atoms with Gasteiger partial charge in [-0.25, -0.2) is 4.98 Å². The van der Waals surface area contributed by atoms with E-state index in [-0.39, 0.29) is 0 Å². The van der Waals surface area contributed by atoms with Crippen LogP contribution in [0.2, 0.25) is 0 Å². The second kappa shape index (κ2) is 13.6. The molecule has 288 valence electrons. The van der Waals surface area contributed by atoms with E-state index >= 15 is 0 Å². The van der Waals surface area contributed by atoms with E-state index in [0.717, 1.165) is 65.8 Å². The van der Waals surface area contributed by atoms with Crippen molar-refractivity contribution in [1.82, 2.24) is 19.5 Å². The van der Waals surface area contributed by atoms with Crippen molar-refractivity contribution in [2.24, 2.45) is 0 Å². The summed E-state index contributed by atoms with van der Waals surface area (Å²) in [6.07, 6.45) is 0. The molecule has 5 nitrogen and oxygen atoms in total. The standard InChI is InChI=1S/C57H34N4O/c1-2-12-35(13-3-1)44-19-10-11-20-45(44)37-22-24-38(25-23-37)55-58-56(43-27-29-52-47(32-43)48-30-39-15-5-7-18-42(39)34-53(48)62-52)60-57(59-55)61-50-28-26-36-14-8-9-21-46(36)54(50)49-31-40-16-4-6-17-41(40)33-51(49)61/h1-34H. The van der Waals surface area contributed by atoms with E-state index in [9.17, 15) is 0 Å². The molecule has 0 aliphatic heterocycles. The average Bonchev–Trinajstić information content (AvgIpc) is 3.86. The lowest BCUT2D eigenvalue weighted by molar-refractivity contribution is 0.669. The molecule has 0 atom stereocenters. The Kier molecular flexibility index (Phi) is 7.54. The van der Waals surface area contributed by atoms with E-state index in [1.54, 1.807) is 0 Å². The Morgan fingerprint density at radius 1 is 0.323 bits per heavy atom. The first kappa shape index (κ1) is 34.5. The molecule has 0 radical (unpaired) electrons. The minimum atomic E-state index is 0.553. The third kappa shape index (κ3) is 5.45. The summed E-state index contributed by atoms with van der Waals surface area (Å²) in [6.45, 7) is 0. The maximum absolute atomic E-state index is 6.42. The highest BCUT2D eigenvalue weighted by molar-refractivity contribution is 6.23. The minimum Gasteiger partial charge on any atom is -0.456 e. The molecule has 0 amide bonds. The van der Waals surface area contributed by atoms with Gasteiger partial charge in [-0.15, -0.1) is 0 Å². The molecular weight excluding hydrogens is 757 g/mol. The number of rotatable bonds is 5. The van der Waals surface area contributed by atoms with Crippen LogP contribution in [0.1, 0.15) is 0 Å². The molecule has 0 spiro atoms. The Hall–Kier alpha value is -8.41. The maximum Gasteiger partial charge on any atom is 0.238 e. The van der Waals surface area contributed by atoms with Gasteiger partial charge in [-0.2, -0.15) is 9.97 Å². The summed E-state index contributed by atoms with van der Waals surface area (Å²) in [5, 5.41) is 11.4. The van der Waals surface area contributed by atoms with Gasteiger partial charge in [-0.05, 0) is 103 Å². The average molecular weight is 791 g/mol. The fourth-order valence-corrected chi connectivity index (χ4v) is 9.42. The van der Waals surface area contributed by atoms with Crippen LogP contribution in [0, 0.1) is 0 Å². The largest absolute Gasteiger partial charge is 0.456 e. The van der Waals surface area contributed by atoms with Crippen LogP contribution in [0.15, 0.2) is 211 Å². The fraction of sp³-hybridized carbons (Fsp3) is 0. The maximum atomic E-state index is 6.42. The van der Waals surface area contributed by atoms with E-state index in [4.69, 9.17) is 19.4 Å². The van der Waals surface area contributed by atoms with Crippen LogP contribution in [0.5, 0.6) is 0 Å². The molecule has 0 N–H and O–H groups in total. The van der Waals surface area contributed by atoms with E-state index in [1.807, 2.05) is 6.07 Å². The van der Waals surface area contributed by atoms with Crippen LogP contribution in [0.3, 0.4) is 0 Å². The molecule has 13 aromatic rings. The van der Waals surface area contributed by atoms with Crippen molar-refractivity contribution in [3.8, 4) is 51.0 Å². The highest BCUT2D eigenvalue weighted by Crippen LogP contribution is 2.40. The number of aromatic nitrogens is 4. The van der Waals surface area contributed by atoms with Crippen molar-refractivity contribution in [2.45, 2.75) is 0 Å². The fourth-order valence-electron chi connectivity index (χ4n) is 9.42. The molecular formula is C57H34N4O. The summed E-state index contributed by atoms with van der Waals surface area (Å²) in [5.74, 6) is 1.72. The molecule has 62 heavy (non-hydrogen) atoms. The molecule has 0 aliphatic carbocycles. The van der Waals surface area contributed by atoms with Crippen molar-refractivity contribution in [2.75, 3.05) is 0 Å². The molecule has 10 aromatic carbocycles. The van der Waals surface area contributed by atoms with Gasteiger partial charge in [-0.3, -0.25) is 4.57 Å². The summed E-state index contributed by atoms with van der Waals surface area (Å²) < 4.78 is 8.64. The summed E-state index contributed by atoms with van der Waals surface area (Å²) in [5.41, 5.74) is 10.2. The third-order valence-corrected chi connectivity index (χ3v) is 12.4. The molecule has 5 heteroatoms. The summed E-state index contributed by atoms with van der Waals surface area (Å²) >= 11 is 0. The third-order valence-electron chi connectivity index (χ3n) is 12.4. The Bertz CT molecular complexity index is 3920. The molecule has 0 bridgehead atoms. The zero-order valence-electron chi connectivity index (χ0n) is 33.3. The molecule has 0 aliphatic rings. The highest BCUT2D eigenvalue weighted by atomic mass is 16.3. The van der Waals surface area contributed by atoms with Crippen LogP contribution >= 0.6 is 0 Å². The zero-order chi connectivity index (χ0) is 40.7. The van der Waals surface area contributed by atoms with Gasteiger partial charge in [-0.1, -0.05) is 158 Å². The van der Waals surface area contributed by atoms with Gasteiger partial charge in [0, 0.05) is 32.7 Å². The molecule has 3 aromatic heterocycles. The van der Waals surface area contributed by atoms with Crippen molar-refractivity contribution in [1.29, 1.82) is 0 Å². The highest BCUT2D eigenvalue weighted by Gasteiger charge is 2.21. The number of nitrogens with zero attached hydrogens (tertiary/aromatic N) is 4. The van der Waals surface area contributed by atoms with Gasteiger partial charge in [0.2, 0.25) is 5.95 Å². The molecule has 3 heterocycles. The quantitative estimate of drug-likeness (QED) is 0.174. The number of hydrogen-bond acceptors (Lipinski definition) is 4. The van der Waals surface area contributed by atoms with E-state index < -0.39 is 0 Å². The van der Waals surface area contributed by atoms with E-state index in [0.29, 0.717) is 17.6 Å². The van der Waals surface area contributed by atoms with E-state index in [2.05, 4.69) is 205 Å². The minimum absolute atomic E-state index is 0.553. The Morgan fingerprint density at radius 2 is 0.871 bits per heavy atom. The van der Waals surface area contributed by atoms with Crippen LogP contribution in [0.25, 0.3) is 127 Å². The number of benzene rings is 10. The van der Waals surface area contributed by atoms with Gasteiger partial charge in [0.1, 0.15) is 11.2 Å². The first-order valence-corrected chi connectivity index (χ1v) is 20.9. The number of fused-ring (bicyclic) bond motifs is 10. The Morgan fingerprint density at radius 3 is 1.61 bits per heavy atom. The molecule has 0 fully saturated rings. The monoisotopic (exact) mass is 790 g/mol. The second-order valence-electron chi connectivity index (χ2n) is 16.0. The van der Waals surface area contributed by atoms with Gasteiger partial charge < -0.3 is 4.42 Å². The lowest BCUT2D eigenvalue weighted by Gasteiger charge is -2.13. The zero-order valence-corrected chi connectivity index (χ0v) is 33.3. The van der Waals surface area contributed by atoms with Crippen molar-refractivity contribution in [3.63, 3.8) is 0 Å². The van der Waals surface area contributed by atoms with Crippen molar-refractivity contribution in [3.05, 3.63) is 206 Å². The Balaban J connectivity index is 1.05. The second-order valence-corrected chi connectivity index (χ2v) is 16.0. The predicted molar refractivity (Wildman–Crippen MR) is 256 cm³/mol. The predicted octanol–water partition coefficient (Wildman–Crippen LogP) is 15.0. The lowest BCUT2D eigenvalue weighted by Crippen LogP contribution is -2.06. The van der Waals surface area contributed by atoms with Crippen molar-refractivity contribution >= 4 is 76.1 Å². The number of furan rings is 1. The lowest BCUT2D eigenvalue weighted by atomic mass is 9.94. The summed E-state index contributed by atoms with van der Waals surface area (Å²) in [6, 6.07) is 72.9. The summed E-state index contributed by atoms with van der Waals surface area (Å²) in [4.78, 5) is 16.0. The smallest absolute Gasteiger partial charge is 0.238 e. The SMILES string of the molecule is c1ccc(-c2ccccc2-c2ccc(-c3nc(-c4ccc5oc6cc7ccccc7cc6c5c4)nc(-n4c5cc6ccccc6cc5c5c6ccccc6ccc54)n3)cc2)cc1. The van der Waals surface area contributed by atoms with Gasteiger partial charge in [0.25, 0.3) is 0 Å². The normalized spacial score (nSPS) is 11.9. The molecule has 0 unspecified atom stereocenters. The Labute approximate surface area is 355 Å². The van der Waals surface area contributed by atoms with Gasteiger partial charge >= 0.3 is 0 Å². The molecule has 0 saturated carbocycles. The van der Waals surface area contributed by atoms with Gasteiger partial charge in [0.15, 0.2) is 11.6 Å². The molecule has 13 rings (SSSR count). The van der Waals surface area contributed by atoms with Gasteiger partial charge in [0.05, 0.1) is 11.0 Å². The van der Waals surface area contributed by atoms with Crippen LogP contribution in [-0.2, 0) is 0 Å². The van der Waals surface area contributed by atoms with Crippen LogP contribution in [-0.4, -0.2) is 19.5 Å². The van der Waals surface area contributed by atoms with Crippen molar-refractivity contribution < 1.29 is 4.42 Å². The molecule has 0 saturated heterocycles. The van der Waals surface area contributed by atoms with Crippen LogP contribution in [0.4, 0.5) is 0 Å². The number of hydrogen-bond donors (Lipinski definition) is 0. The topological polar surface area (TPSA) is 56.7 Å². The first-order valence-electron chi connectivity index (χ1n) is 20.9. The summed E-state index contributed by atoms with van der Waals surface area (Å²) in [7, 11) is 0.